The van der Waals surface area contributed by atoms with E-state index in [-0.39, 0.29) is 0 Å². The van der Waals surface area contributed by atoms with Crippen molar-refractivity contribution in [2.24, 2.45) is 0 Å². The summed E-state index contributed by atoms with van der Waals surface area (Å²) in [6.45, 7) is 0. The average Bonchev–Trinajstić information content (AvgIpc) is 2.33. The molecule has 0 atom stereocenters. The van der Waals surface area contributed by atoms with Gasteiger partial charge in [-0.3, -0.25) is 4.79 Å². The summed E-state index contributed by atoms with van der Waals surface area (Å²) in [5.41, 5.74) is -0.499. The highest BCUT2D eigenvalue weighted by Crippen LogP contribution is 2.24. The molecule has 1 aromatic carbocycles. The first-order chi connectivity index (χ1) is 8.49. The van der Waals surface area contributed by atoms with Gasteiger partial charge in [-0.05, 0) is 34.1 Å². The molecule has 1 aromatic heterocycles. The van der Waals surface area contributed by atoms with E-state index in [9.17, 15) is 9.59 Å². The standard InChI is InChI=1S/C11H6Br2N2O3/c12-6-1-2-7(13)8(5-6)15-4-3-9(16)10(14-15)11(17)18/h1-5H,(H,17,18). The molecule has 0 fully saturated rings. The van der Waals surface area contributed by atoms with Crippen molar-refractivity contribution in [1.82, 2.24) is 9.78 Å². The molecule has 2 rings (SSSR count). The second-order valence-electron chi connectivity index (χ2n) is 3.37. The van der Waals surface area contributed by atoms with Gasteiger partial charge in [0, 0.05) is 21.2 Å². The molecule has 0 saturated carbocycles. The Morgan fingerprint density at radius 1 is 1.28 bits per heavy atom. The van der Waals surface area contributed by atoms with Crippen molar-refractivity contribution >= 4 is 37.8 Å². The molecule has 1 heterocycles. The minimum Gasteiger partial charge on any atom is -0.476 e. The Labute approximate surface area is 118 Å². The molecular weight excluding hydrogens is 368 g/mol. The lowest BCUT2D eigenvalue weighted by Crippen LogP contribution is -2.20. The summed E-state index contributed by atoms with van der Waals surface area (Å²) in [4.78, 5) is 22.2. The molecule has 0 aliphatic rings. The Morgan fingerprint density at radius 3 is 2.67 bits per heavy atom. The number of aromatic nitrogens is 2. The quantitative estimate of drug-likeness (QED) is 0.877. The van der Waals surface area contributed by atoms with Crippen LogP contribution >= 0.6 is 31.9 Å². The van der Waals surface area contributed by atoms with Gasteiger partial charge in [0.1, 0.15) is 0 Å². The molecule has 18 heavy (non-hydrogen) atoms. The van der Waals surface area contributed by atoms with Gasteiger partial charge in [-0.1, -0.05) is 15.9 Å². The molecule has 0 aliphatic heterocycles. The molecular formula is C11H6Br2N2O3. The molecule has 92 valence electrons. The van der Waals surface area contributed by atoms with E-state index in [2.05, 4.69) is 37.0 Å². The van der Waals surface area contributed by atoms with Crippen LogP contribution in [0.1, 0.15) is 10.5 Å². The van der Waals surface area contributed by atoms with Gasteiger partial charge in [-0.25, -0.2) is 9.48 Å². The molecule has 0 unspecified atom stereocenters. The number of halogens is 2. The maximum absolute atomic E-state index is 11.3. The normalized spacial score (nSPS) is 10.3. The number of carbonyl (C=O) groups is 1. The van der Waals surface area contributed by atoms with Crippen molar-refractivity contribution in [3.63, 3.8) is 0 Å². The van der Waals surface area contributed by atoms with E-state index in [0.717, 1.165) is 8.95 Å². The van der Waals surface area contributed by atoms with Gasteiger partial charge < -0.3 is 5.11 Å². The van der Waals surface area contributed by atoms with E-state index in [1.807, 2.05) is 6.07 Å². The minimum atomic E-state index is -1.35. The first-order valence-electron chi connectivity index (χ1n) is 4.78. The maximum Gasteiger partial charge on any atom is 0.360 e. The highest BCUT2D eigenvalue weighted by Gasteiger charge is 2.12. The van der Waals surface area contributed by atoms with Crippen LogP contribution in [0.2, 0.25) is 0 Å². The zero-order valence-electron chi connectivity index (χ0n) is 8.80. The van der Waals surface area contributed by atoms with Crippen LogP contribution in [0.4, 0.5) is 0 Å². The molecule has 0 bridgehead atoms. The Kier molecular flexibility index (Phi) is 3.63. The topological polar surface area (TPSA) is 72.2 Å². The molecule has 0 amide bonds. The fraction of sp³-hybridized carbons (Fsp3) is 0. The van der Waals surface area contributed by atoms with Gasteiger partial charge in [-0.15, -0.1) is 0 Å². The maximum atomic E-state index is 11.3. The first kappa shape index (κ1) is 13.0. The number of benzene rings is 1. The summed E-state index contributed by atoms with van der Waals surface area (Å²) in [6.07, 6.45) is 1.42. The monoisotopic (exact) mass is 372 g/mol. The first-order valence-corrected chi connectivity index (χ1v) is 6.36. The van der Waals surface area contributed by atoms with Crippen molar-refractivity contribution in [3.05, 3.63) is 55.3 Å². The molecule has 0 radical (unpaired) electrons. The van der Waals surface area contributed by atoms with Crippen molar-refractivity contribution in [2.75, 3.05) is 0 Å². The summed E-state index contributed by atoms with van der Waals surface area (Å²) in [6, 6.07) is 6.55. The minimum absolute atomic E-state index is 0.510. The van der Waals surface area contributed by atoms with Crippen LogP contribution in [0.3, 0.4) is 0 Å². The Bertz CT molecular complexity index is 682. The fourth-order valence-electron chi connectivity index (χ4n) is 1.35. The van der Waals surface area contributed by atoms with Crippen molar-refractivity contribution in [2.45, 2.75) is 0 Å². The van der Waals surface area contributed by atoms with Gasteiger partial charge in [0.25, 0.3) is 0 Å². The Morgan fingerprint density at radius 2 is 2.00 bits per heavy atom. The van der Waals surface area contributed by atoms with Gasteiger partial charge in [0.15, 0.2) is 0 Å². The highest BCUT2D eigenvalue weighted by molar-refractivity contribution is 9.11. The van der Waals surface area contributed by atoms with Crippen LogP contribution in [-0.4, -0.2) is 20.9 Å². The van der Waals surface area contributed by atoms with Crippen LogP contribution < -0.4 is 5.43 Å². The summed E-state index contributed by atoms with van der Waals surface area (Å²) in [5.74, 6) is -1.35. The number of carboxylic acid groups (broad SMARTS) is 1. The van der Waals surface area contributed by atoms with Crippen molar-refractivity contribution in [1.29, 1.82) is 0 Å². The van der Waals surface area contributed by atoms with Crippen LogP contribution in [0.15, 0.2) is 44.2 Å². The summed E-state index contributed by atoms with van der Waals surface area (Å²) in [7, 11) is 0. The van der Waals surface area contributed by atoms with E-state index in [1.54, 1.807) is 12.1 Å². The SMILES string of the molecule is O=C(O)c1nn(-c2cc(Br)ccc2Br)ccc1=O. The third-order valence-electron chi connectivity index (χ3n) is 2.17. The lowest BCUT2D eigenvalue weighted by Gasteiger charge is -2.08. The Balaban J connectivity index is 2.65. The Hall–Kier alpha value is -1.47. The average molecular weight is 374 g/mol. The molecule has 7 heteroatoms. The molecule has 0 aliphatic carbocycles. The number of hydrogen-bond donors (Lipinski definition) is 1. The van der Waals surface area contributed by atoms with E-state index in [0.29, 0.717) is 5.69 Å². The van der Waals surface area contributed by atoms with Crippen molar-refractivity contribution in [3.8, 4) is 5.69 Å². The fourth-order valence-corrected chi connectivity index (χ4v) is 2.13. The summed E-state index contributed by atoms with van der Waals surface area (Å²) < 4.78 is 2.89. The van der Waals surface area contributed by atoms with Gasteiger partial charge in [0.2, 0.25) is 11.1 Å². The number of rotatable bonds is 2. The van der Waals surface area contributed by atoms with E-state index >= 15 is 0 Å². The molecule has 0 spiro atoms. The van der Waals surface area contributed by atoms with Gasteiger partial charge in [0.05, 0.1) is 5.69 Å². The van der Waals surface area contributed by atoms with Gasteiger partial charge >= 0.3 is 5.97 Å². The number of nitrogens with zero attached hydrogens (tertiary/aromatic N) is 2. The molecule has 2 aromatic rings. The number of carboxylic acids is 1. The van der Waals surface area contributed by atoms with E-state index in [1.165, 1.54) is 16.9 Å². The van der Waals surface area contributed by atoms with Crippen LogP contribution in [-0.2, 0) is 0 Å². The predicted octanol–water partition coefficient (Wildman–Crippen LogP) is 2.46. The molecule has 0 saturated heterocycles. The lowest BCUT2D eigenvalue weighted by molar-refractivity contribution is 0.0687. The highest BCUT2D eigenvalue weighted by atomic mass is 79.9. The summed E-state index contributed by atoms with van der Waals surface area (Å²) >= 11 is 6.66. The van der Waals surface area contributed by atoms with Crippen LogP contribution in [0.25, 0.3) is 5.69 Å². The second kappa shape index (κ2) is 5.03. The third kappa shape index (κ3) is 2.51. The van der Waals surface area contributed by atoms with E-state index < -0.39 is 17.1 Å². The number of hydrogen-bond acceptors (Lipinski definition) is 3. The second-order valence-corrected chi connectivity index (χ2v) is 5.14. The van der Waals surface area contributed by atoms with Crippen LogP contribution in [0, 0.1) is 0 Å². The molecule has 5 nitrogen and oxygen atoms in total. The number of aromatic carboxylic acids is 1. The smallest absolute Gasteiger partial charge is 0.360 e. The molecule has 1 N–H and O–H groups in total. The van der Waals surface area contributed by atoms with Gasteiger partial charge in [-0.2, -0.15) is 5.10 Å². The van der Waals surface area contributed by atoms with Crippen molar-refractivity contribution < 1.29 is 9.90 Å². The largest absolute Gasteiger partial charge is 0.476 e. The zero-order valence-corrected chi connectivity index (χ0v) is 12.0. The predicted molar refractivity (Wildman–Crippen MR) is 72.2 cm³/mol. The third-order valence-corrected chi connectivity index (χ3v) is 3.33. The lowest BCUT2D eigenvalue weighted by atomic mass is 10.3. The summed E-state index contributed by atoms with van der Waals surface area (Å²) in [5, 5.41) is 12.7. The zero-order chi connectivity index (χ0) is 13.3. The van der Waals surface area contributed by atoms with E-state index in [4.69, 9.17) is 5.11 Å². The van der Waals surface area contributed by atoms with Crippen LogP contribution in [0.5, 0.6) is 0 Å².